The number of nitrogens with zero attached hydrogens (tertiary/aromatic N) is 2. The number of aliphatic carboxylic acids is 1. The molecule has 1 aromatic carbocycles. The number of benzene rings is 1. The van der Waals surface area contributed by atoms with Crippen LogP contribution in [0.2, 0.25) is 0 Å². The zero-order chi connectivity index (χ0) is 16.3. The normalized spacial score (nSPS) is 13.0. The van der Waals surface area contributed by atoms with Crippen molar-refractivity contribution in [2.75, 3.05) is 0 Å². The third kappa shape index (κ3) is 3.34. The van der Waals surface area contributed by atoms with E-state index < -0.39 is 22.0 Å². The molecule has 0 aliphatic rings. The van der Waals surface area contributed by atoms with Crippen molar-refractivity contribution in [3.05, 3.63) is 47.9 Å². The lowest BCUT2D eigenvalue weighted by Gasteiger charge is -2.14. The van der Waals surface area contributed by atoms with E-state index >= 15 is 0 Å². The highest BCUT2D eigenvalue weighted by molar-refractivity contribution is 7.89. The molecular weight excluding hydrogens is 306 g/mol. The molecule has 0 fully saturated rings. The molecule has 22 heavy (non-hydrogen) atoms. The molecule has 0 saturated heterocycles. The molecule has 0 aliphatic heterocycles. The first-order valence-electron chi connectivity index (χ1n) is 6.69. The minimum absolute atomic E-state index is 0.186. The molecule has 118 valence electrons. The van der Waals surface area contributed by atoms with Gasteiger partial charge >= 0.3 is 5.97 Å². The molecule has 0 amide bonds. The van der Waals surface area contributed by atoms with E-state index in [-0.39, 0.29) is 5.03 Å². The van der Waals surface area contributed by atoms with Gasteiger partial charge in [-0.3, -0.25) is 4.79 Å². The lowest BCUT2D eigenvalue weighted by molar-refractivity contribution is -0.139. The van der Waals surface area contributed by atoms with Crippen molar-refractivity contribution in [2.24, 2.45) is 0 Å². The standard InChI is InChI=1S/C14H17N3O4S/c1-3-17-9-12(15-10(17)2)22(20,21)16-13(14(18)19)11-7-5-4-6-8-11/h4-9,13,16H,3H2,1-2H3,(H,18,19)/t13-/m1/s1. The van der Waals surface area contributed by atoms with Gasteiger partial charge in [0.2, 0.25) is 0 Å². The van der Waals surface area contributed by atoms with Crippen molar-refractivity contribution in [2.45, 2.75) is 31.5 Å². The second-order valence-corrected chi connectivity index (χ2v) is 6.38. The number of imidazole rings is 1. The van der Waals surface area contributed by atoms with Crippen molar-refractivity contribution in [1.82, 2.24) is 14.3 Å². The maximum atomic E-state index is 12.4. The number of rotatable bonds is 6. The van der Waals surface area contributed by atoms with Crippen molar-refractivity contribution >= 4 is 16.0 Å². The molecule has 2 aromatic rings. The van der Waals surface area contributed by atoms with E-state index in [2.05, 4.69) is 9.71 Å². The third-order valence-electron chi connectivity index (χ3n) is 3.22. The van der Waals surface area contributed by atoms with Gasteiger partial charge < -0.3 is 9.67 Å². The first-order valence-corrected chi connectivity index (χ1v) is 8.17. The number of carboxylic acid groups (broad SMARTS) is 1. The van der Waals surface area contributed by atoms with Crippen molar-refractivity contribution in [1.29, 1.82) is 0 Å². The Hall–Kier alpha value is -2.19. The second kappa shape index (κ2) is 6.29. The van der Waals surface area contributed by atoms with Crippen LogP contribution in [0.5, 0.6) is 0 Å². The number of hydrogen-bond donors (Lipinski definition) is 2. The molecule has 1 atom stereocenters. The van der Waals surface area contributed by atoms with E-state index in [0.717, 1.165) is 0 Å². The third-order valence-corrected chi connectivity index (χ3v) is 4.52. The topological polar surface area (TPSA) is 101 Å². The maximum absolute atomic E-state index is 12.4. The van der Waals surface area contributed by atoms with Crippen LogP contribution in [-0.4, -0.2) is 29.0 Å². The summed E-state index contributed by atoms with van der Waals surface area (Å²) in [6.45, 7) is 4.13. The van der Waals surface area contributed by atoms with E-state index in [1.807, 2.05) is 6.92 Å². The number of aryl methyl sites for hydroxylation is 2. The van der Waals surface area contributed by atoms with Crippen LogP contribution >= 0.6 is 0 Å². The van der Waals surface area contributed by atoms with Crippen LogP contribution in [0.25, 0.3) is 0 Å². The number of sulfonamides is 1. The van der Waals surface area contributed by atoms with E-state index in [4.69, 9.17) is 0 Å². The summed E-state index contributed by atoms with van der Waals surface area (Å²) in [5, 5.41) is 9.10. The predicted molar refractivity (Wildman–Crippen MR) is 79.8 cm³/mol. The minimum Gasteiger partial charge on any atom is -0.480 e. The van der Waals surface area contributed by atoms with Crippen LogP contribution in [0.1, 0.15) is 24.4 Å². The molecule has 2 rings (SSSR count). The average Bonchev–Trinajstić information content (AvgIpc) is 2.87. The molecule has 7 nitrogen and oxygen atoms in total. The lowest BCUT2D eigenvalue weighted by Crippen LogP contribution is -2.34. The maximum Gasteiger partial charge on any atom is 0.326 e. The van der Waals surface area contributed by atoms with Gasteiger partial charge in [-0.15, -0.1) is 0 Å². The SMILES string of the molecule is CCn1cc(S(=O)(=O)N[C@@H](C(=O)O)c2ccccc2)nc1C. The molecule has 0 aliphatic carbocycles. The first kappa shape index (κ1) is 16.2. The number of carboxylic acids is 1. The first-order chi connectivity index (χ1) is 10.3. The van der Waals surface area contributed by atoms with Crippen molar-refractivity contribution in [3.8, 4) is 0 Å². The monoisotopic (exact) mass is 323 g/mol. The molecule has 0 spiro atoms. The largest absolute Gasteiger partial charge is 0.480 e. The summed E-state index contributed by atoms with van der Waals surface area (Å²) >= 11 is 0. The van der Waals surface area contributed by atoms with Crippen LogP contribution in [-0.2, 0) is 21.4 Å². The summed E-state index contributed by atoms with van der Waals surface area (Å²) < 4.78 is 28.6. The van der Waals surface area contributed by atoms with Crippen molar-refractivity contribution < 1.29 is 18.3 Å². The summed E-state index contributed by atoms with van der Waals surface area (Å²) in [5.41, 5.74) is 0.352. The Morgan fingerprint density at radius 3 is 2.50 bits per heavy atom. The van der Waals surface area contributed by atoms with Gasteiger partial charge in [-0.05, 0) is 19.4 Å². The molecule has 0 bridgehead atoms. The smallest absolute Gasteiger partial charge is 0.326 e. The Morgan fingerprint density at radius 2 is 2.00 bits per heavy atom. The van der Waals surface area contributed by atoms with Crippen LogP contribution in [0.3, 0.4) is 0 Å². The Kier molecular flexibility index (Phi) is 4.62. The number of nitrogens with one attached hydrogen (secondary N) is 1. The van der Waals surface area contributed by atoms with Gasteiger partial charge in [-0.2, -0.15) is 4.72 Å². The van der Waals surface area contributed by atoms with Gasteiger partial charge in [0.15, 0.2) is 5.03 Å². The van der Waals surface area contributed by atoms with E-state index in [0.29, 0.717) is 17.9 Å². The van der Waals surface area contributed by atoms with E-state index in [1.54, 1.807) is 41.8 Å². The fraction of sp³-hybridized carbons (Fsp3) is 0.286. The quantitative estimate of drug-likeness (QED) is 0.835. The zero-order valence-corrected chi connectivity index (χ0v) is 13.0. The highest BCUT2D eigenvalue weighted by Crippen LogP contribution is 2.17. The number of aromatic nitrogens is 2. The van der Waals surface area contributed by atoms with Crippen LogP contribution in [0, 0.1) is 6.92 Å². The fourth-order valence-electron chi connectivity index (χ4n) is 2.05. The summed E-state index contributed by atoms with van der Waals surface area (Å²) in [7, 11) is -4.03. The Morgan fingerprint density at radius 1 is 1.36 bits per heavy atom. The van der Waals surface area contributed by atoms with Gasteiger partial charge in [0.1, 0.15) is 11.9 Å². The fourth-order valence-corrected chi connectivity index (χ4v) is 3.24. The van der Waals surface area contributed by atoms with Crippen molar-refractivity contribution in [3.63, 3.8) is 0 Å². The van der Waals surface area contributed by atoms with E-state index in [9.17, 15) is 18.3 Å². The highest BCUT2D eigenvalue weighted by atomic mass is 32.2. The van der Waals surface area contributed by atoms with Gasteiger partial charge in [-0.1, -0.05) is 30.3 Å². The summed E-state index contributed by atoms with van der Waals surface area (Å²) in [5.74, 6) is -0.726. The molecule has 8 heteroatoms. The van der Waals surface area contributed by atoms with Crippen LogP contribution < -0.4 is 4.72 Å². The summed E-state index contributed by atoms with van der Waals surface area (Å²) in [6.07, 6.45) is 1.39. The highest BCUT2D eigenvalue weighted by Gasteiger charge is 2.28. The zero-order valence-electron chi connectivity index (χ0n) is 12.2. The molecule has 0 unspecified atom stereocenters. The van der Waals surface area contributed by atoms with Gasteiger partial charge in [0.05, 0.1) is 0 Å². The second-order valence-electron chi connectivity index (χ2n) is 4.72. The van der Waals surface area contributed by atoms with Gasteiger partial charge in [0, 0.05) is 12.7 Å². The van der Waals surface area contributed by atoms with Crippen LogP contribution in [0.4, 0.5) is 0 Å². The molecular formula is C14H17N3O4S. The Labute approximate surface area is 128 Å². The molecule has 1 aromatic heterocycles. The number of hydrogen-bond acceptors (Lipinski definition) is 4. The average molecular weight is 323 g/mol. The molecule has 2 N–H and O–H groups in total. The Bertz CT molecular complexity index is 769. The summed E-state index contributed by atoms with van der Waals surface area (Å²) in [6, 6.07) is 6.76. The lowest BCUT2D eigenvalue weighted by atomic mass is 10.1. The van der Waals surface area contributed by atoms with Gasteiger partial charge in [-0.25, -0.2) is 13.4 Å². The molecule has 0 saturated carbocycles. The summed E-state index contributed by atoms with van der Waals surface area (Å²) in [4.78, 5) is 15.4. The predicted octanol–water partition coefficient (Wildman–Crippen LogP) is 1.32. The Balaban J connectivity index is 2.34. The molecule has 0 radical (unpaired) electrons. The molecule has 1 heterocycles. The number of carbonyl (C=O) groups is 1. The minimum atomic E-state index is -4.03. The van der Waals surface area contributed by atoms with E-state index in [1.165, 1.54) is 6.20 Å². The van der Waals surface area contributed by atoms with Crippen LogP contribution in [0.15, 0.2) is 41.6 Å². The van der Waals surface area contributed by atoms with Gasteiger partial charge in [0.25, 0.3) is 10.0 Å².